The van der Waals surface area contributed by atoms with Crippen LogP contribution in [-0.2, 0) is 16.1 Å². The Kier molecular flexibility index (Phi) is 7.20. The van der Waals surface area contributed by atoms with Crippen LogP contribution < -0.4 is 14.8 Å². The lowest BCUT2D eigenvalue weighted by atomic mass is 10.1. The first-order chi connectivity index (χ1) is 15.4. The lowest BCUT2D eigenvalue weighted by molar-refractivity contribution is -0.123. The predicted octanol–water partition coefficient (Wildman–Crippen LogP) is 4.82. The Morgan fingerprint density at radius 3 is 2.78 bits per heavy atom. The standard InChI is InChI=1S/C23H22Cl2N2O4S/c1-29-20-6-4-14(9-15(20)13-31-21-7-5-16(24)11-18(21)25)10-19-22(28)27(23(32)26-19)12-17-3-2-8-30-17/h4-7,9-11,17H,2-3,8,12-13H2,1H3,(H,26,32)/b19-10+. The van der Waals surface area contributed by atoms with Crippen LogP contribution in [-0.4, -0.2) is 42.3 Å². The number of nitrogens with zero attached hydrogens (tertiary/aromatic N) is 1. The first-order valence-electron chi connectivity index (χ1n) is 10.2. The molecule has 32 heavy (non-hydrogen) atoms. The number of carbonyl (C=O) groups excluding carboxylic acids is 1. The number of methoxy groups -OCH3 is 1. The van der Waals surface area contributed by atoms with Gasteiger partial charge in [-0.3, -0.25) is 9.69 Å². The molecule has 0 bridgehead atoms. The minimum atomic E-state index is -0.160. The van der Waals surface area contributed by atoms with E-state index in [-0.39, 0.29) is 18.6 Å². The summed E-state index contributed by atoms with van der Waals surface area (Å²) in [4.78, 5) is 14.4. The van der Waals surface area contributed by atoms with Crippen molar-refractivity contribution in [2.45, 2.75) is 25.6 Å². The predicted molar refractivity (Wildman–Crippen MR) is 128 cm³/mol. The van der Waals surface area contributed by atoms with Crippen LogP contribution >= 0.6 is 35.4 Å². The molecular formula is C23H22Cl2N2O4S. The Morgan fingerprint density at radius 2 is 2.06 bits per heavy atom. The molecule has 1 amide bonds. The summed E-state index contributed by atoms with van der Waals surface area (Å²) in [6.07, 6.45) is 3.74. The number of benzene rings is 2. The van der Waals surface area contributed by atoms with Gasteiger partial charge >= 0.3 is 0 Å². The summed E-state index contributed by atoms with van der Waals surface area (Å²) in [7, 11) is 1.59. The van der Waals surface area contributed by atoms with Crippen LogP contribution in [0, 0.1) is 0 Å². The van der Waals surface area contributed by atoms with Gasteiger partial charge in [-0.2, -0.15) is 0 Å². The zero-order chi connectivity index (χ0) is 22.7. The average molecular weight is 493 g/mol. The molecule has 1 N–H and O–H groups in total. The molecule has 1 atom stereocenters. The van der Waals surface area contributed by atoms with Crippen LogP contribution in [0.4, 0.5) is 0 Å². The third-order valence-electron chi connectivity index (χ3n) is 5.27. The van der Waals surface area contributed by atoms with Gasteiger partial charge in [0.05, 0.1) is 24.8 Å². The second-order valence-corrected chi connectivity index (χ2v) is 8.70. The van der Waals surface area contributed by atoms with Gasteiger partial charge in [0.25, 0.3) is 5.91 Å². The van der Waals surface area contributed by atoms with E-state index >= 15 is 0 Å². The summed E-state index contributed by atoms with van der Waals surface area (Å²) < 4.78 is 17.0. The number of halogens is 2. The molecule has 2 aromatic carbocycles. The first-order valence-corrected chi connectivity index (χ1v) is 11.3. The number of hydrogen-bond donors (Lipinski definition) is 1. The lowest BCUT2D eigenvalue weighted by Gasteiger charge is -2.18. The van der Waals surface area contributed by atoms with E-state index in [1.807, 2.05) is 18.2 Å². The third kappa shape index (κ3) is 5.18. The monoisotopic (exact) mass is 492 g/mol. The fraction of sp³-hybridized carbons (Fsp3) is 0.304. The molecule has 2 fully saturated rings. The number of amides is 1. The van der Waals surface area contributed by atoms with Gasteiger partial charge in [0.2, 0.25) is 0 Å². The molecular weight excluding hydrogens is 471 g/mol. The van der Waals surface area contributed by atoms with E-state index in [0.29, 0.717) is 38.9 Å². The Bertz CT molecular complexity index is 1070. The second kappa shape index (κ2) is 10.1. The van der Waals surface area contributed by atoms with Crippen molar-refractivity contribution in [2.75, 3.05) is 20.3 Å². The van der Waals surface area contributed by atoms with Gasteiger partial charge in [-0.25, -0.2) is 0 Å². The number of thiocarbonyl (C=S) groups is 1. The maximum Gasteiger partial charge on any atom is 0.276 e. The molecule has 0 spiro atoms. The highest BCUT2D eigenvalue weighted by atomic mass is 35.5. The van der Waals surface area contributed by atoms with Crippen molar-refractivity contribution >= 4 is 52.5 Å². The summed E-state index contributed by atoms with van der Waals surface area (Å²) in [5.41, 5.74) is 2.03. The molecule has 9 heteroatoms. The maximum atomic E-state index is 12.9. The number of carbonyl (C=O) groups is 1. The fourth-order valence-electron chi connectivity index (χ4n) is 3.64. The maximum absolute atomic E-state index is 12.9. The SMILES string of the molecule is COc1ccc(/C=C2/NC(=S)N(CC3CCCO3)C2=O)cc1COc1ccc(Cl)cc1Cl. The average Bonchev–Trinajstić information content (AvgIpc) is 3.37. The van der Waals surface area contributed by atoms with E-state index in [9.17, 15) is 4.79 Å². The molecule has 2 heterocycles. The zero-order valence-electron chi connectivity index (χ0n) is 17.4. The Labute approximate surface area is 202 Å². The molecule has 2 aromatic rings. The van der Waals surface area contributed by atoms with Crippen molar-refractivity contribution in [3.8, 4) is 11.5 Å². The van der Waals surface area contributed by atoms with E-state index in [4.69, 9.17) is 49.6 Å². The number of nitrogens with one attached hydrogen (secondary N) is 1. The molecule has 1 unspecified atom stereocenters. The largest absolute Gasteiger partial charge is 0.496 e. The molecule has 168 valence electrons. The topological polar surface area (TPSA) is 60.0 Å². The number of ether oxygens (including phenoxy) is 3. The Morgan fingerprint density at radius 1 is 1.25 bits per heavy atom. The zero-order valence-corrected chi connectivity index (χ0v) is 19.7. The van der Waals surface area contributed by atoms with Crippen LogP contribution in [0.5, 0.6) is 11.5 Å². The number of hydrogen-bond acceptors (Lipinski definition) is 5. The Hall–Kier alpha value is -2.32. The highest BCUT2D eigenvalue weighted by Crippen LogP contribution is 2.30. The van der Waals surface area contributed by atoms with Crippen molar-refractivity contribution in [2.24, 2.45) is 0 Å². The van der Waals surface area contributed by atoms with Crippen molar-refractivity contribution in [3.63, 3.8) is 0 Å². The van der Waals surface area contributed by atoms with Gasteiger partial charge in [-0.05, 0) is 67.0 Å². The van der Waals surface area contributed by atoms with Crippen LogP contribution in [0.15, 0.2) is 42.1 Å². The fourth-order valence-corrected chi connectivity index (χ4v) is 4.38. The molecule has 2 aliphatic heterocycles. The minimum absolute atomic E-state index is 0.0301. The van der Waals surface area contributed by atoms with Crippen LogP contribution in [0.25, 0.3) is 6.08 Å². The summed E-state index contributed by atoms with van der Waals surface area (Å²) in [5.74, 6) is 1.02. The van der Waals surface area contributed by atoms with Gasteiger partial charge in [0.15, 0.2) is 5.11 Å². The highest BCUT2D eigenvalue weighted by molar-refractivity contribution is 7.80. The molecule has 4 rings (SSSR count). The lowest BCUT2D eigenvalue weighted by Crippen LogP contribution is -2.37. The molecule has 0 aromatic heterocycles. The van der Waals surface area contributed by atoms with Gasteiger partial charge in [-0.15, -0.1) is 0 Å². The van der Waals surface area contributed by atoms with Gasteiger partial charge in [0, 0.05) is 17.2 Å². The molecule has 0 radical (unpaired) electrons. The molecule has 0 aliphatic carbocycles. The Balaban J connectivity index is 1.50. The van der Waals surface area contributed by atoms with Crippen molar-refractivity contribution < 1.29 is 19.0 Å². The molecule has 6 nitrogen and oxygen atoms in total. The van der Waals surface area contributed by atoms with Crippen molar-refractivity contribution in [3.05, 3.63) is 63.3 Å². The molecule has 2 aliphatic rings. The van der Waals surface area contributed by atoms with Crippen LogP contribution in [0.2, 0.25) is 10.0 Å². The van der Waals surface area contributed by atoms with E-state index in [0.717, 1.165) is 30.6 Å². The van der Waals surface area contributed by atoms with E-state index in [1.165, 1.54) is 0 Å². The van der Waals surface area contributed by atoms with Gasteiger partial charge in [-0.1, -0.05) is 29.3 Å². The quantitative estimate of drug-likeness (QED) is 0.441. The summed E-state index contributed by atoms with van der Waals surface area (Å²) in [5, 5.41) is 4.37. The van der Waals surface area contributed by atoms with Crippen LogP contribution in [0.3, 0.4) is 0 Å². The van der Waals surface area contributed by atoms with Gasteiger partial charge < -0.3 is 19.5 Å². The molecule has 2 saturated heterocycles. The van der Waals surface area contributed by atoms with Crippen LogP contribution in [0.1, 0.15) is 24.0 Å². The summed E-state index contributed by atoms with van der Waals surface area (Å²) in [6.45, 7) is 1.42. The smallest absolute Gasteiger partial charge is 0.276 e. The first kappa shape index (κ1) is 22.9. The van der Waals surface area contributed by atoms with Gasteiger partial charge in [0.1, 0.15) is 23.8 Å². The van der Waals surface area contributed by atoms with E-state index in [2.05, 4.69) is 5.32 Å². The minimum Gasteiger partial charge on any atom is -0.496 e. The third-order valence-corrected chi connectivity index (χ3v) is 6.12. The van der Waals surface area contributed by atoms with Crippen molar-refractivity contribution in [1.82, 2.24) is 10.2 Å². The van der Waals surface area contributed by atoms with Crippen molar-refractivity contribution in [1.29, 1.82) is 0 Å². The molecule has 0 saturated carbocycles. The summed E-state index contributed by atoms with van der Waals surface area (Å²) >= 11 is 17.5. The normalized spacial score (nSPS) is 19.5. The van der Waals surface area contributed by atoms with E-state index < -0.39 is 0 Å². The highest BCUT2D eigenvalue weighted by Gasteiger charge is 2.33. The van der Waals surface area contributed by atoms with E-state index in [1.54, 1.807) is 36.3 Å². The summed E-state index contributed by atoms with van der Waals surface area (Å²) in [6, 6.07) is 10.6. The number of rotatable bonds is 7. The second-order valence-electron chi connectivity index (χ2n) is 7.47.